The Bertz CT molecular complexity index is 3110. The summed E-state index contributed by atoms with van der Waals surface area (Å²) in [6, 6.07) is 61.2. The van der Waals surface area contributed by atoms with Gasteiger partial charge in [0.15, 0.2) is 5.58 Å². The molecule has 0 bridgehead atoms. The molecule has 0 spiro atoms. The molecule has 0 unspecified atom stereocenters. The molecule has 3 heterocycles. The molecular formula is C46H28N2OS. The number of aromatic nitrogens is 1. The number of hydrogen-bond donors (Lipinski definition) is 0. The van der Waals surface area contributed by atoms with Crippen molar-refractivity contribution >= 4 is 103 Å². The third kappa shape index (κ3) is 3.91. The van der Waals surface area contributed by atoms with Crippen LogP contribution in [0.3, 0.4) is 0 Å². The van der Waals surface area contributed by atoms with Crippen LogP contribution in [0.5, 0.6) is 0 Å². The highest BCUT2D eigenvalue weighted by atomic mass is 32.1. The molecule has 11 aromatic rings. The van der Waals surface area contributed by atoms with Gasteiger partial charge in [0.25, 0.3) is 0 Å². The average Bonchev–Trinajstić information content (AvgIpc) is 3.85. The Labute approximate surface area is 291 Å². The van der Waals surface area contributed by atoms with Crippen LogP contribution in [0.1, 0.15) is 0 Å². The molecule has 0 fully saturated rings. The number of thiophene rings is 1. The molecule has 0 aliphatic heterocycles. The van der Waals surface area contributed by atoms with Gasteiger partial charge >= 0.3 is 0 Å². The highest BCUT2D eigenvalue weighted by Gasteiger charge is 2.24. The number of para-hydroxylation sites is 4. The zero-order valence-electron chi connectivity index (χ0n) is 26.9. The molecule has 0 amide bonds. The van der Waals surface area contributed by atoms with Crippen molar-refractivity contribution in [2.75, 3.05) is 4.90 Å². The summed E-state index contributed by atoms with van der Waals surface area (Å²) in [7, 11) is 0. The zero-order chi connectivity index (χ0) is 32.8. The predicted molar refractivity (Wildman–Crippen MR) is 213 cm³/mol. The van der Waals surface area contributed by atoms with Crippen molar-refractivity contribution in [3.63, 3.8) is 0 Å². The largest absolute Gasteiger partial charge is 0.454 e. The van der Waals surface area contributed by atoms with Crippen molar-refractivity contribution in [3.8, 4) is 5.69 Å². The van der Waals surface area contributed by atoms with E-state index < -0.39 is 0 Å². The Morgan fingerprint density at radius 3 is 2.00 bits per heavy atom. The number of rotatable bonds is 4. The van der Waals surface area contributed by atoms with E-state index >= 15 is 0 Å². The van der Waals surface area contributed by atoms with Gasteiger partial charge in [-0.05, 0) is 60.7 Å². The van der Waals surface area contributed by atoms with Crippen molar-refractivity contribution < 1.29 is 4.42 Å². The molecule has 3 aromatic heterocycles. The summed E-state index contributed by atoms with van der Waals surface area (Å²) < 4.78 is 11.7. The van der Waals surface area contributed by atoms with Crippen molar-refractivity contribution in [3.05, 3.63) is 170 Å². The van der Waals surface area contributed by atoms with Gasteiger partial charge in [-0.15, -0.1) is 11.3 Å². The van der Waals surface area contributed by atoms with Gasteiger partial charge in [0.2, 0.25) is 0 Å². The van der Waals surface area contributed by atoms with E-state index in [-0.39, 0.29) is 0 Å². The van der Waals surface area contributed by atoms with Crippen LogP contribution >= 0.6 is 11.3 Å². The Morgan fingerprint density at radius 2 is 1.12 bits per heavy atom. The van der Waals surface area contributed by atoms with E-state index in [4.69, 9.17) is 4.42 Å². The number of hydrogen-bond acceptors (Lipinski definition) is 3. The van der Waals surface area contributed by atoms with Gasteiger partial charge in [-0.2, -0.15) is 0 Å². The minimum absolute atomic E-state index is 0.875. The summed E-state index contributed by atoms with van der Waals surface area (Å²) in [6.45, 7) is 0. The van der Waals surface area contributed by atoms with Crippen LogP contribution in [0.4, 0.5) is 17.1 Å². The number of benzene rings is 8. The lowest BCUT2D eigenvalue weighted by atomic mass is 10.0. The van der Waals surface area contributed by atoms with Crippen LogP contribution in [0.25, 0.3) is 80.4 Å². The summed E-state index contributed by atoms with van der Waals surface area (Å²) in [5.74, 6) is 0. The first-order valence-corrected chi connectivity index (χ1v) is 17.8. The molecule has 0 saturated carbocycles. The number of nitrogens with zero attached hydrogens (tertiary/aromatic N) is 2. The topological polar surface area (TPSA) is 21.3 Å². The molecule has 0 atom stereocenters. The Kier molecular flexibility index (Phi) is 5.83. The Morgan fingerprint density at radius 1 is 0.440 bits per heavy atom. The van der Waals surface area contributed by atoms with E-state index in [0.29, 0.717) is 0 Å². The number of fused-ring (bicyclic) bond motifs is 11. The third-order valence-corrected chi connectivity index (χ3v) is 11.4. The van der Waals surface area contributed by atoms with Gasteiger partial charge in [-0.1, -0.05) is 109 Å². The van der Waals surface area contributed by atoms with Crippen LogP contribution < -0.4 is 4.90 Å². The van der Waals surface area contributed by atoms with E-state index in [0.717, 1.165) is 44.7 Å². The smallest absolute Gasteiger partial charge is 0.159 e. The van der Waals surface area contributed by atoms with Gasteiger partial charge in [0.05, 0.1) is 22.4 Å². The second kappa shape index (κ2) is 10.6. The molecule has 0 N–H and O–H groups in total. The minimum atomic E-state index is 0.875. The molecule has 8 aromatic carbocycles. The standard InChI is InChI=1S/C46H28N2OS/c1-2-13-29(14-3-1)47-39-21-9-6-16-32(39)37-27-30(25-26-40(37)47)48(41-22-12-20-35-33-17-7-10-23-43(33)49-45(35)41)42-28-38-34-18-8-11-24-44(34)50-46(38)36-19-5-4-15-31(36)42/h1-28H. The molecule has 0 saturated heterocycles. The summed E-state index contributed by atoms with van der Waals surface area (Å²) in [5.41, 5.74) is 8.48. The van der Waals surface area contributed by atoms with E-state index in [1.165, 1.54) is 52.8 Å². The molecule has 50 heavy (non-hydrogen) atoms. The lowest BCUT2D eigenvalue weighted by Gasteiger charge is -2.27. The molecule has 0 aliphatic carbocycles. The van der Waals surface area contributed by atoms with E-state index in [9.17, 15) is 0 Å². The van der Waals surface area contributed by atoms with E-state index in [1.807, 2.05) is 17.4 Å². The molecule has 3 nitrogen and oxygen atoms in total. The zero-order valence-corrected chi connectivity index (χ0v) is 27.7. The first-order valence-electron chi connectivity index (χ1n) is 16.9. The summed E-state index contributed by atoms with van der Waals surface area (Å²) in [6.07, 6.45) is 0. The fraction of sp³-hybridized carbons (Fsp3) is 0. The molecule has 11 rings (SSSR count). The fourth-order valence-corrected chi connectivity index (χ4v) is 9.21. The minimum Gasteiger partial charge on any atom is -0.454 e. The summed E-state index contributed by atoms with van der Waals surface area (Å²) in [4.78, 5) is 2.42. The Balaban J connectivity index is 1.27. The first kappa shape index (κ1) is 27.6. The molecule has 4 heteroatoms. The maximum Gasteiger partial charge on any atom is 0.159 e. The lowest BCUT2D eigenvalue weighted by Crippen LogP contribution is -2.11. The van der Waals surface area contributed by atoms with Crippen LogP contribution in [0, 0.1) is 0 Å². The normalized spacial score (nSPS) is 12.0. The molecular weight excluding hydrogens is 629 g/mol. The van der Waals surface area contributed by atoms with Gasteiger partial charge in [-0.25, -0.2) is 0 Å². The SMILES string of the molecule is c1ccc(-n2c3ccccc3c3cc(N(c4cc5c6ccccc6sc5c5ccccc45)c4cccc5c4oc4ccccc45)ccc32)cc1. The summed E-state index contributed by atoms with van der Waals surface area (Å²) >= 11 is 1.87. The maximum absolute atomic E-state index is 6.74. The van der Waals surface area contributed by atoms with Gasteiger partial charge in [0.1, 0.15) is 5.58 Å². The van der Waals surface area contributed by atoms with Crippen LogP contribution in [-0.2, 0) is 0 Å². The second-order valence-electron chi connectivity index (χ2n) is 12.9. The quantitative estimate of drug-likeness (QED) is 0.188. The van der Waals surface area contributed by atoms with Crippen molar-refractivity contribution in [1.29, 1.82) is 0 Å². The van der Waals surface area contributed by atoms with Gasteiger partial charge < -0.3 is 13.9 Å². The number of anilines is 3. The van der Waals surface area contributed by atoms with Crippen molar-refractivity contribution in [2.45, 2.75) is 0 Å². The fourth-order valence-electron chi connectivity index (χ4n) is 7.98. The predicted octanol–water partition coefficient (Wildman–Crippen LogP) is 13.7. The Hall–Kier alpha value is -6.36. The second-order valence-corrected chi connectivity index (χ2v) is 13.9. The lowest BCUT2D eigenvalue weighted by molar-refractivity contribution is 0.669. The third-order valence-electron chi connectivity index (χ3n) is 10.2. The van der Waals surface area contributed by atoms with Crippen LogP contribution in [0.15, 0.2) is 174 Å². The molecule has 0 radical (unpaired) electrons. The summed E-state index contributed by atoms with van der Waals surface area (Å²) in [5, 5.41) is 9.65. The molecule has 234 valence electrons. The van der Waals surface area contributed by atoms with E-state index in [1.54, 1.807) is 0 Å². The highest BCUT2D eigenvalue weighted by molar-refractivity contribution is 7.26. The van der Waals surface area contributed by atoms with Gasteiger partial charge in [-0.3, -0.25) is 0 Å². The molecule has 0 aliphatic rings. The van der Waals surface area contributed by atoms with Crippen LogP contribution in [-0.4, -0.2) is 4.57 Å². The number of furan rings is 1. The van der Waals surface area contributed by atoms with Gasteiger partial charge in [0, 0.05) is 63.9 Å². The monoisotopic (exact) mass is 656 g/mol. The average molecular weight is 657 g/mol. The van der Waals surface area contributed by atoms with Crippen molar-refractivity contribution in [2.24, 2.45) is 0 Å². The van der Waals surface area contributed by atoms with Crippen molar-refractivity contribution in [1.82, 2.24) is 4.57 Å². The maximum atomic E-state index is 6.74. The first-order chi connectivity index (χ1) is 24.8. The highest BCUT2D eigenvalue weighted by Crippen LogP contribution is 2.49. The van der Waals surface area contributed by atoms with E-state index in [2.05, 4.69) is 173 Å². The van der Waals surface area contributed by atoms with Crippen LogP contribution in [0.2, 0.25) is 0 Å².